The largest absolute Gasteiger partial charge is 0.395 e. The molecule has 8 heteroatoms. The Morgan fingerprint density at radius 1 is 1.44 bits per heavy atom. The van der Waals surface area contributed by atoms with Gasteiger partial charge in [-0.1, -0.05) is 5.16 Å². The fourth-order valence-electron chi connectivity index (χ4n) is 1.17. The Morgan fingerprint density at radius 2 is 2.17 bits per heavy atom. The van der Waals surface area contributed by atoms with E-state index in [1.807, 2.05) is 0 Å². The molecule has 0 radical (unpaired) electrons. The normalized spacial score (nSPS) is 18.0. The van der Waals surface area contributed by atoms with Crippen molar-refractivity contribution >= 4 is 21.6 Å². The second-order valence-electron chi connectivity index (χ2n) is 3.56. The van der Waals surface area contributed by atoms with Crippen LogP contribution in [0.2, 0.25) is 0 Å². The number of nitrogens with one attached hydrogen (secondary N) is 1. The van der Waals surface area contributed by atoms with Crippen LogP contribution in [0.4, 0.5) is 0 Å². The topological polar surface area (TPSA) is 105 Å². The smallest absolute Gasteiger partial charge is 0.325 e. The third-order valence-electron chi connectivity index (χ3n) is 1.93. The number of carbonyl (C=O) groups is 1. The van der Waals surface area contributed by atoms with Gasteiger partial charge in [0.1, 0.15) is 5.71 Å². The van der Waals surface area contributed by atoms with Crippen LogP contribution >= 0.6 is 0 Å². The summed E-state index contributed by atoms with van der Waals surface area (Å²) >= 11 is 0. The summed E-state index contributed by atoms with van der Waals surface area (Å²) in [6.07, 6.45) is 4.95. The van der Waals surface area contributed by atoms with Crippen molar-refractivity contribution in [3.8, 4) is 0 Å². The molecule has 0 spiro atoms. The molecule has 0 saturated carbocycles. The molecule has 0 saturated heterocycles. The summed E-state index contributed by atoms with van der Waals surface area (Å²) in [5.41, 5.74) is 0.655. The Kier molecular flexibility index (Phi) is 5.20. The Morgan fingerprint density at radius 3 is 2.78 bits per heavy atom. The summed E-state index contributed by atoms with van der Waals surface area (Å²) < 4.78 is 25.8. The first-order valence-corrected chi connectivity index (χ1v) is 6.95. The van der Waals surface area contributed by atoms with Gasteiger partial charge < -0.3 is 10.4 Å². The van der Waals surface area contributed by atoms with Crippen LogP contribution < -0.4 is 5.32 Å². The lowest BCUT2D eigenvalue weighted by atomic mass is 10.0. The number of allylic oxidation sites excluding steroid dienone is 3. The van der Waals surface area contributed by atoms with Crippen LogP contribution in [0.3, 0.4) is 0 Å². The van der Waals surface area contributed by atoms with Gasteiger partial charge in [0.2, 0.25) is 0 Å². The van der Waals surface area contributed by atoms with Crippen molar-refractivity contribution in [1.29, 1.82) is 0 Å². The minimum absolute atomic E-state index is 0.0323. The van der Waals surface area contributed by atoms with E-state index in [9.17, 15) is 13.2 Å². The highest BCUT2D eigenvalue weighted by molar-refractivity contribution is 7.85. The quantitative estimate of drug-likeness (QED) is 0.364. The number of rotatable bonds is 6. The van der Waals surface area contributed by atoms with Gasteiger partial charge in [-0.15, -0.1) is 0 Å². The first-order valence-electron chi connectivity index (χ1n) is 5.13. The van der Waals surface area contributed by atoms with Gasteiger partial charge in [-0.05, 0) is 18.2 Å². The number of hydrogen-bond donors (Lipinski definition) is 2. The van der Waals surface area contributed by atoms with Gasteiger partial charge in [0.15, 0.2) is 5.78 Å². The van der Waals surface area contributed by atoms with Gasteiger partial charge in [0, 0.05) is 18.7 Å². The number of hydrogen-bond acceptors (Lipinski definition) is 7. The average molecular weight is 274 g/mol. The van der Waals surface area contributed by atoms with Crippen LogP contribution in [-0.2, 0) is 19.2 Å². The predicted octanol–water partition coefficient (Wildman–Crippen LogP) is -1.03. The van der Waals surface area contributed by atoms with Gasteiger partial charge in [-0.25, -0.2) is 0 Å². The third-order valence-corrected chi connectivity index (χ3v) is 2.27. The van der Waals surface area contributed by atoms with E-state index in [0.29, 0.717) is 12.1 Å². The number of carbonyl (C=O) groups excluding carboxylic acids is 1. The highest BCUT2D eigenvalue weighted by Gasteiger charge is 2.12. The summed E-state index contributed by atoms with van der Waals surface area (Å²) in [6, 6.07) is 0. The minimum atomic E-state index is -3.66. The van der Waals surface area contributed by atoms with Crippen molar-refractivity contribution < 1.29 is 22.6 Å². The predicted molar refractivity (Wildman–Crippen MR) is 65.5 cm³/mol. The number of oxime groups is 1. The third kappa shape index (κ3) is 5.21. The number of ketones is 1. The van der Waals surface area contributed by atoms with E-state index >= 15 is 0 Å². The van der Waals surface area contributed by atoms with Crippen molar-refractivity contribution in [3.05, 3.63) is 23.8 Å². The van der Waals surface area contributed by atoms with Gasteiger partial charge in [-0.2, -0.15) is 8.42 Å². The minimum Gasteiger partial charge on any atom is -0.395 e. The lowest BCUT2D eigenvalue weighted by molar-refractivity contribution is -0.111. The lowest BCUT2D eigenvalue weighted by Gasteiger charge is -2.08. The van der Waals surface area contributed by atoms with Crippen LogP contribution in [0.25, 0.3) is 0 Å². The fourth-order valence-corrected chi connectivity index (χ4v) is 1.40. The molecule has 0 atom stereocenters. The van der Waals surface area contributed by atoms with E-state index in [0.717, 1.165) is 6.26 Å². The van der Waals surface area contributed by atoms with Gasteiger partial charge in [0.05, 0.1) is 12.9 Å². The maximum Gasteiger partial charge on any atom is 0.325 e. The standard InChI is InChI=1S/C10H14N2O5S/c1-18(15,16)17-12-9-2-3-10(14)8(6-9)7-11-4-5-13/h2-3,6,11,13H,4-5,7H2,1H3/b12-9+. The van der Waals surface area contributed by atoms with Gasteiger partial charge in [-0.3, -0.25) is 9.08 Å². The average Bonchev–Trinajstić information content (AvgIpc) is 2.29. The number of aliphatic hydroxyl groups is 1. The molecule has 0 bridgehead atoms. The molecule has 1 rings (SSSR count). The summed E-state index contributed by atoms with van der Waals surface area (Å²) in [4.78, 5) is 11.5. The molecule has 0 amide bonds. The Balaban J connectivity index is 2.71. The highest BCUT2D eigenvalue weighted by Crippen LogP contribution is 2.06. The molecule has 0 unspecified atom stereocenters. The SMILES string of the molecule is CS(=O)(=O)O/N=C1\C=CC(=O)C(CNCCO)=C1. The summed E-state index contributed by atoms with van der Waals surface area (Å²) in [5, 5.41) is 14.8. The molecular weight excluding hydrogens is 260 g/mol. The lowest BCUT2D eigenvalue weighted by Crippen LogP contribution is -2.25. The van der Waals surface area contributed by atoms with Crippen LogP contribution in [0.1, 0.15) is 0 Å². The fraction of sp³-hybridized carbons (Fsp3) is 0.400. The van der Waals surface area contributed by atoms with Crippen molar-refractivity contribution in [2.45, 2.75) is 0 Å². The molecule has 0 aromatic carbocycles. The van der Waals surface area contributed by atoms with E-state index in [-0.39, 0.29) is 24.6 Å². The van der Waals surface area contributed by atoms with E-state index < -0.39 is 10.1 Å². The molecule has 1 aliphatic rings. The second kappa shape index (κ2) is 6.43. The van der Waals surface area contributed by atoms with E-state index in [4.69, 9.17) is 5.11 Å². The zero-order chi connectivity index (χ0) is 13.6. The van der Waals surface area contributed by atoms with E-state index in [1.54, 1.807) is 0 Å². The van der Waals surface area contributed by atoms with Crippen molar-refractivity contribution in [2.75, 3.05) is 26.0 Å². The van der Waals surface area contributed by atoms with E-state index in [1.165, 1.54) is 18.2 Å². The number of nitrogens with zero attached hydrogens (tertiary/aromatic N) is 1. The summed E-state index contributed by atoms with van der Waals surface area (Å²) in [7, 11) is -3.66. The molecule has 18 heavy (non-hydrogen) atoms. The maximum atomic E-state index is 11.5. The first-order chi connectivity index (χ1) is 8.42. The van der Waals surface area contributed by atoms with Crippen molar-refractivity contribution in [3.63, 3.8) is 0 Å². The van der Waals surface area contributed by atoms with Crippen LogP contribution in [0.15, 0.2) is 29.0 Å². The first kappa shape index (κ1) is 14.6. The monoisotopic (exact) mass is 274 g/mol. The Labute approximate surface area is 105 Å². The molecular formula is C10H14N2O5S. The number of aliphatic hydroxyl groups excluding tert-OH is 1. The second-order valence-corrected chi connectivity index (χ2v) is 5.12. The van der Waals surface area contributed by atoms with Crippen LogP contribution in [0.5, 0.6) is 0 Å². The molecule has 100 valence electrons. The molecule has 0 fully saturated rings. The Hall–Kier alpha value is -1.51. The van der Waals surface area contributed by atoms with Crippen molar-refractivity contribution in [2.24, 2.45) is 5.16 Å². The molecule has 0 heterocycles. The highest BCUT2D eigenvalue weighted by atomic mass is 32.2. The zero-order valence-electron chi connectivity index (χ0n) is 9.79. The molecule has 0 aromatic rings. The zero-order valence-corrected chi connectivity index (χ0v) is 10.6. The molecule has 0 aromatic heterocycles. The molecule has 7 nitrogen and oxygen atoms in total. The van der Waals surface area contributed by atoms with Crippen LogP contribution in [-0.4, -0.2) is 51.0 Å². The van der Waals surface area contributed by atoms with E-state index in [2.05, 4.69) is 14.8 Å². The summed E-state index contributed by atoms with van der Waals surface area (Å²) in [5.74, 6) is -0.196. The molecule has 1 aliphatic carbocycles. The molecule has 2 N–H and O–H groups in total. The van der Waals surface area contributed by atoms with Crippen molar-refractivity contribution in [1.82, 2.24) is 5.32 Å². The maximum absolute atomic E-state index is 11.5. The summed E-state index contributed by atoms with van der Waals surface area (Å²) in [6.45, 7) is 0.595. The van der Waals surface area contributed by atoms with Crippen LogP contribution in [0, 0.1) is 0 Å². The molecule has 0 aliphatic heterocycles. The van der Waals surface area contributed by atoms with Gasteiger partial charge in [0.25, 0.3) is 0 Å². The van der Waals surface area contributed by atoms with Gasteiger partial charge >= 0.3 is 10.1 Å². The Bertz CT molecular complexity index is 504.